The number of para-hydroxylation sites is 1. The Bertz CT molecular complexity index is 584. The molecule has 0 fully saturated rings. The van der Waals surface area contributed by atoms with Gasteiger partial charge >= 0.3 is 0 Å². The fourth-order valence-corrected chi connectivity index (χ4v) is 3.10. The van der Waals surface area contributed by atoms with Gasteiger partial charge in [-0.3, -0.25) is 4.79 Å². The summed E-state index contributed by atoms with van der Waals surface area (Å²) in [4.78, 5) is 17.1. The summed E-state index contributed by atoms with van der Waals surface area (Å²) in [6, 6.07) is 7.22. The Morgan fingerprint density at radius 1 is 1.31 bits per heavy atom. The van der Waals surface area contributed by atoms with E-state index in [1.165, 1.54) is 0 Å². The summed E-state index contributed by atoms with van der Waals surface area (Å²) in [7, 11) is -1.27. The third kappa shape index (κ3) is 1.31. The van der Waals surface area contributed by atoms with Crippen LogP contribution in [-0.2, 0) is 4.79 Å². The summed E-state index contributed by atoms with van der Waals surface area (Å²) >= 11 is 0. The molecule has 1 aliphatic carbocycles. The molecule has 1 aromatic carbocycles. The first kappa shape index (κ1) is 9.69. The van der Waals surface area contributed by atoms with E-state index < -0.39 is 10.8 Å². The van der Waals surface area contributed by atoms with Crippen molar-refractivity contribution in [2.24, 2.45) is 4.99 Å². The number of carbonyl (C=O) groups excluding carboxylic acids is 1. The second-order valence-corrected chi connectivity index (χ2v) is 5.01. The van der Waals surface area contributed by atoms with Crippen LogP contribution < -0.4 is 0 Å². The van der Waals surface area contributed by atoms with E-state index in [0.717, 1.165) is 0 Å². The van der Waals surface area contributed by atoms with Crippen molar-refractivity contribution in [1.29, 1.82) is 0 Å². The lowest BCUT2D eigenvalue weighted by Gasteiger charge is -2.27. The van der Waals surface area contributed by atoms with Gasteiger partial charge in [0.15, 0.2) is 5.78 Å². The highest BCUT2D eigenvalue weighted by Gasteiger charge is 2.22. The molecule has 1 aliphatic heterocycles. The van der Waals surface area contributed by atoms with E-state index in [1.54, 1.807) is 24.3 Å². The van der Waals surface area contributed by atoms with E-state index in [4.69, 9.17) is 0 Å². The van der Waals surface area contributed by atoms with Crippen molar-refractivity contribution in [3.05, 3.63) is 36.4 Å². The van der Waals surface area contributed by atoms with Gasteiger partial charge < -0.3 is 4.55 Å². The van der Waals surface area contributed by atoms with E-state index in [0.29, 0.717) is 27.6 Å². The lowest BCUT2D eigenvalue weighted by Crippen LogP contribution is -2.27. The minimum absolute atomic E-state index is 0.0552. The normalized spacial score (nSPS) is 22.6. The Morgan fingerprint density at radius 3 is 3.00 bits per heavy atom. The van der Waals surface area contributed by atoms with E-state index in [2.05, 4.69) is 4.99 Å². The molecule has 1 unspecified atom stereocenters. The van der Waals surface area contributed by atoms with Crippen LogP contribution >= 0.6 is 10.8 Å². The summed E-state index contributed by atoms with van der Waals surface area (Å²) in [5.74, 6) is -0.0552. The van der Waals surface area contributed by atoms with Gasteiger partial charge in [-0.15, -0.1) is 0 Å². The highest BCUT2D eigenvalue weighted by atomic mass is 32.2. The molecule has 3 nitrogen and oxygen atoms in total. The molecular formula is C12H8NO2S-. The van der Waals surface area contributed by atoms with Gasteiger partial charge in [-0.1, -0.05) is 24.3 Å². The molecule has 1 heterocycles. The highest BCUT2D eigenvalue weighted by molar-refractivity contribution is 8.12. The number of aliphatic imine (C=N–C) groups is 1. The Morgan fingerprint density at radius 2 is 2.12 bits per heavy atom. The maximum absolute atomic E-state index is 12.2. The number of fused-ring (bicyclic) bond motifs is 2. The molecule has 1 atom stereocenters. The predicted molar refractivity (Wildman–Crippen MR) is 63.9 cm³/mol. The van der Waals surface area contributed by atoms with Gasteiger partial charge in [-0.2, -0.15) is 0 Å². The summed E-state index contributed by atoms with van der Waals surface area (Å²) in [6.07, 6.45) is 3.83. The zero-order valence-corrected chi connectivity index (χ0v) is 9.16. The van der Waals surface area contributed by atoms with Gasteiger partial charge in [0.05, 0.1) is 5.69 Å². The fourth-order valence-electron chi connectivity index (χ4n) is 1.80. The molecule has 0 aromatic heterocycles. The Balaban J connectivity index is 2.33. The number of Topliss-reactive ketones (excluding diaryl/α,β-unsaturated/α-hetero) is 1. The van der Waals surface area contributed by atoms with Crippen LogP contribution in [0, 0.1) is 0 Å². The molecule has 0 bridgehead atoms. The summed E-state index contributed by atoms with van der Waals surface area (Å²) in [5.41, 5.74) is 1.00. The van der Waals surface area contributed by atoms with Crippen molar-refractivity contribution in [2.45, 2.75) is 11.3 Å². The van der Waals surface area contributed by atoms with Gasteiger partial charge in [0.2, 0.25) is 0 Å². The number of hydrogen-bond acceptors (Lipinski definition) is 3. The van der Waals surface area contributed by atoms with E-state index in [1.807, 2.05) is 12.1 Å². The molecule has 16 heavy (non-hydrogen) atoms. The molecule has 80 valence electrons. The van der Waals surface area contributed by atoms with Crippen LogP contribution in [0.5, 0.6) is 0 Å². The Hall–Kier alpha value is -1.52. The first-order valence-electron chi connectivity index (χ1n) is 4.94. The van der Waals surface area contributed by atoms with E-state index in [9.17, 15) is 9.35 Å². The molecule has 0 spiro atoms. The number of hydrogen-bond donors (Lipinski definition) is 0. The van der Waals surface area contributed by atoms with Crippen molar-refractivity contribution in [2.75, 3.05) is 0 Å². The molecule has 3 rings (SSSR count). The standard InChI is InChI=1S/C12H8NO2S/c14-9-5-3-7-11-12(9)13-8-4-1-2-6-10(8)16(11)15/h1-4,6-7H,5H2/q-1. The van der Waals surface area contributed by atoms with Gasteiger partial charge in [-0.25, -0.2) is 15.8 Å². The van der Waals surface area contributed by atoms with Crippen molar-refractivity contribution in [3.8, 4) is 0 Å². The largest absolute Gasteiger partial charge is 0.798 e. The molecule has 4 heteroatoms. The Labute approximate surface area is 95.3 Å². The molecule has 0 radical (unpaired) electrons. The van der Waals surface area contributed by atoms with Gasteiger partial charge in [0.1, 0.15) is 5.71 Å². The van der Waals surface area contributed by atoms with Gasteiger partial charge in [0.25, 0.3) is 0 Å². The number of benzene rings is 1. The van der Waals surface area contributed by atoms with Crippen LogP contribution in [-0.4, -0.2) is 20.9 Å². The summed E-state index contributed by atoms with van der Waals surface area (Å²) in [5, 5.41) is 0. The lowest BCUT2D eigenvalue weighted by molar-refractivity contribution is -0.112. The minimum Gasteiger partial charge on any atom is -0.798 e. The zero-order valence-electron chi connectivity index (χ0n) is 8.34. The second kappa shape index (κ2) is 3.50. The van der Waals surface area contributed by atoms with Crippen LogP contribution in [0.15, 0.2) is 46.3 Å². The number of ketones is 1. The Kier molecular flexibility index (Phi) is 2.12. The average Bonchev–Trinajstić information content (AvgIpc) is 2.31. The molecule has 2 aliphatic rings. The van der Waals surface area contributed by atoms with Gasteiger partial charge in [0, 0.05) is 16.2 Å². The van der Waals surface area contributed by atoms with Crippen LogP contribution in [0.4, 0.5) is 5.69 Å². The third-order valence-corrected chi connectivity index (χ3v) is 4.04. The lowest BCUT2D eigenvalue weighted by atomic mass is 10.0. The predicted octanol–water partition coefficient (Wildman–Crippen LogP) is 2.23. The molecule has 1 aromatic rings. The van der Waals surface area contributed by atoms with Crippen molar-refractivity contribution in [1.82, 2.24) is 0 Å². The first-order valence-corrected chi connectivity index (χ1v) is 6.09. The van der Waals surface area contributed by atoms with Crippen LogP contribution in [0.25, 0.3) is 0 Å². The van der Waals surface area contributed by atoms with Crippen molar-refractivity contribution < 1.29 is 9.35 Å². The summed E-state index contributed by atoms with van der Waals surface area (Å²) < 4.78 is 12.2. The highest BCUT2D eigenvalue weighted by Crippen LogP contribution is 2.38. The smallest absolute Gasteiger partial charge is 0.186 e. The average molecular weight is 230 g/mol. The number of nitrogens with zero attached hydrogens (tertiary/aromatic N) is 1. The topological polar surface area (TPSA) is 52.5 Å². The summed E-state index contributed by atoms with van der Waals surface area (Å²) in [6.45, 7) is 0. The maximum Gasteiger partial charge on any atom is 0.186 e. The van der Waals surface area contributed by atoms with Crippen molar-refractivity contribution in [3.63, 3.8) is 0 Å². The molecule has 0 N–H and O–H groups in total. The molecule has 0 saturated carbocycles. The van der Waals surface area contributed by atoms with Crippen LogP contribution in [0.3, 0.4) is 0 Å². The van der Waals surface area contributed by atoms with Crippen LogP contribution in [0.1, 0.15) is 6.42 Å². The van der Waals surface area contributed by atoms with Crippen molar-refractivity contribution >= 4 is 32.8 Å². The molecule has 0 saturated heterocycles. The SMILES string of the molecule is O=C1CC=CC2=S([O-])c3ccccc3N=C12. The maximum atomic E-state index is 12.2. The number of allylic oxidation sites excluding steroid dienone is 2. The fraction of sp³-hybridized carbons (Fsp3) is 0.0833. The molecular weight excluding hydrogens is 222 g/mol. The van der Waals surface area contributed by atoms with Crippen LogP contribution in [0.2, 0.25) is 0 Å². The monoisotopic (exact) mass is 230 g/mol. The quantitative estimate of drug-likeness (QED) is 0.642. The van der Waals surface area contributed by atoms with E-state index >= 15 is 0 Å². The second-order valence-electron chi connectivity index (χ2n) is 3.59. The van der Waals surface area contributed by atoms with Gasteiger partial charge in [-0.05, 0) is 12.1 Å². The minimum atomic E-state index is -1.27. The first-order chi connectivity index (χ1) is 7.77. The third-order valence-electron chi connectivity index (χ3n) is 2.57. The number of carbonyl (C=O) groups is 1. The zero-order chi connectivity index (χ0) is 11.1. The number of rotatable bonds is 0. The van der Waals surface area contributed by atoms with E-state index in [-0.39, 0.29) is 5.78 Å². The molecule has 0 amide bonds.